The van der Waals surface area contributed by atoms with Crippen molar-refractivity contribution in [3.05, 3.63) is 34.9 Å². The Morgan fingerprint density at radius 1 is 1.00 bits per heavy atom. The molecule has 2 nitrogen and oxygen atoms in total. The number of rotatable bonds is 6. The third-order valence-corrected chi connectivity index (χ3v) is 3.57. The molecule has 0 saturated carbocycles. The first-order valence-corrected chi connectivity index (χ1v) is 7.28. The molecule has 1 N–H and O–H groups in total. The Bertz CT molecular complexity index is 376. The quantitative estimate of drug-likeness (QED) is 0.843. The average Bonchev–Trinajstić information content (AvgIpc) is 2.25. The molecule has 0 spiro atoms. The van der Waals surface area contributed by atoms with E-state index in [1.165, 1.54) is 16.7 Å². The molecule has 1 rings (SSSR count). The van der Waals surface area contributed by atoms with Gasteiger partial charge >= 0.3 is 0 Å². The fourth-order valence-corrected chi connectivity index (χ4v) is 2.53. The largest absolute Gasteiger partial charge is 0.308 e. The summed E-state index contributed by atoms with van der Waals surface area (Å²) in [5, 5.41) is 3.78. The maximum Gasteiger partial charge on any atom is 0.0295 e. The minimum Gasteiger partial charge on any atom is -0.308 e. The molecular formula is C17H30N2. The summed E-state index contributed by atoms with van der Waals surface area (Å²) in [5.74, 6) is 0.635. The molecule has 2 atom stereocenters. The lowest BCUT2D eigenvalue weighted by atomic mass is 9.98. The first kappa shape index (κ1) is 16.2. The third-order valence-electron chi connectivity index (χ3n) is 3.57. The molecule has 2 heteroatoms. The summed E-state index contributed by atoms with van der Waals surface area (Å²) in [5.41, 5.74) is 4.08. The number of aryl methyl sites for hydroxylation is 2. The van der Waals surface area contributed by atoms with Crippen molar-refractivity contribution < 1.29 is 0 Å². The predicted octanol–water partition coefficient (Wildman–Crippen LogP) is 3.54. The molecule has 2 unspecified atom stereocenters. The molecule has 0 aliphatic heterocycles. The second-order valence-electron chi connectivity index (χ2n) is 6.42. The minimum atomic E-state index is 0.394. The van der Waals surface area contributed by atoms with Crippen LogP contribution in [0.2, 0.25) is 0 Å². The normalized spacial score (nSPS) is 15.0. The summed E-state index contributed by atoms with van der Waals surface area (Å²) in [7, 11) is 4.27. The van der Waals surface area contributed by atoms with Gasteiger partial charge in [-0.25, -0.2) is 0 Å². The molecule has 0 aliphatic carbocycles. The zero-order valence-corrected chi connectivity index (χ0v) is 13.6. The summed E-state index contributed by atoms with van der Waals surface area (Å²) in [6.45, 7) is 12.3. The van der Waals surface area contributed by atoms with Crippen LogP contribution in [-0.4, -0.2) is 31.6 Å². The lowest BCUT2D eigenvalue weighted by Gasteiger charge is -2.29. The average molecular weight is 262 g/mol. The van der Waals surface area contributed by atoms with Crippen LogP contribution in [0.4, 0.5) is 0 Å². The Labute approximate surface area is 119 Å². The van der Waals surface area contributed by atoms with Gasteiger partial charge in [-0.3, -0.25) is 0 Å². The standard InChI is InChI=1S/C17H30N2/c1-12(2)17(11-19(6)7)18-15(5)16-9-13(3)8-14(4)10-16/h8-10,12,15,17-18H,11H2,1-7H3. The summed E-state index contributed by atoms with van der Waals surface area (Å²) in [6, 6.07) is 7.72. The van der Waals surface area contributed by atoms with Crippen LogP contribution >= 0.6 is 0 Å². The van der Waals surface area contributed by atoms with Gasteiger partial charge in [-0.05, 0) is 46.3 Å². The molecule has 19 heavy (non-hydrogen) atoms. The van der Waals surface area contributed by atoms with E-state index in [1.807, 2.05) is 0 Å². The predicted molar refractivity (Wildman–Crippen MR) is 84.6 cm³/mol. The number of hydrogen-bond donors (Lipinski definition) is 1. The highest BCUT2D eigenvalue weighted by Gasteiger charge is 2.17. The van der Waals surface area contributed by atoms with E-state index in [0.717, 1.165) is 6.54 Å². The van der Waals surface area contributed by atoms with Crippen LogP contribution in [0.3, 0.4) is 0 Å². The summed E-state index contributed by atoms with van der Waals surface area (Å²) < 4.78 is 0. The van der Waals surface area contributed by atoms with Gasteiger partial charge in [0.05, 0.1) is 0 Å². The van der Waals surface area contributed by atoms with E-state index >= 15 is 0 Å². The SMILES string of the molecule is Cc1cc(C)cc(C(C)NC(CN(C)C)C(C)C)c1. The van der Waals surface area contributed by atoms with Crippen molar-refractivity contribution >= 4 is 0 Å². The first-order chi connectivity index (χ1) is 8.79. The number of nitrogens with zero attached hydrogens (tertiary/aromatic N) is 1. The van der Waals surface area contributed by atoms with Gasteiger partial charge in [-0.15, -0.1) is 0 Å². The Morgan fingerprint density at radius 2 is 1.53 bits per heavy atom. The van der Waals surface area contributed by atoms with Gasteiger partial charge in [0.1, 0.15) is 0 Å². The summed E-state index contributed by atoms with van der Waals surface area (Å²) in [6.07, 6.45) is 0. The molecule has 1 aromatic rings. The topological polar surface area (TPSA) is 15.3 Å². The first-order valence-electron chi connectivity index (χ1n) is 7.28. The lowest BCUT2D eigenvalue weighted by Crippen LogP contribution is -2.43. The lowest BCUT2D eigenvalue weighted by molar-refractivity contribution is 0.273. The fraction of sp³-hybridized carbons (Fsp3) is 0.647. The smallest absolute Gasteiger partial charge is 0.0295 e. The van der Waals surface area contributed by atoms with Crippen molar-refractivity contribution in [1.29, 1.82) is 0 Å². The van der Waals surface area contributed by atoms with Gasteiger partial charge in [0, 0.05) is 18.6 Å². The van der Waals surface area contributed by atoms with Crippen LogP contribution in [0, 0.1) is 19.8 Å². The van der Waals surface area contributed by atoms with Crippen molar-refractivity contribution in [3.8, 4) is 0 Å². The number of benzene rings is 1. The van der Waals surface area contributed by atoms with Gasteiger partial charge in [0.25, 0.3) is 0 Å². The van der Waals surface area contributed by atoms with E-state index in [2.05, 4.69) is 77.1 Å². The maximum absolute atomic E-state index is 3.78. The Hall–Kier alpha value is -0.860. The monoisotopic (exact) mass is 262 g/mol. The molecule has 0 aliphatic rings. The molecule has 0 aromatic heterocycles. The zero-order valence-electron chi connectivity index (χ0n) is 13.6. The molecule has 0 fully saturated rings. The van der Waals surface area contributed by atoms with Crippen LogP contribution in [0.15, 0.2) is 18.2 Å². The van der Waals surface area contributed by atoms with E-state index < -0.39 is 0 Å². The Balaban J connectivity index is 2.78. The molecule has 0 bridgehead atoms. The Morgan fingerprint density at radius 3 is 1.95 bits per heavy atom. The molecular weight excluding hydrogens is 232 g/mol. The summed E-state index contributed by atoms with van der Waals surface area (Å²) >= 11 is 0. The van der Waals surface area contributed by atoms with Gasteiger partial charge in [0.15, 0.2) is 0 Å². The highest BCUT2D eigenvalue weighted by atomic mass is 15.1. The second-order valence-corrected chi connectivity index (χ2v) is 6.42. The Kier molecular flexibility index (Phi) is 6.02. The van der Waals surface area contributed by atoms with E-state index in [1.54, 1.807) is 0 Å². The van der Waals surface area contributed by atoms with E-state index in [9.17, 15) is 0 Å². The van der Waals surface area contributed by atoms with Crippen molar-refractivity contribution in [2.75, 3.05) is 20.6 Å². The highest BCUT2D eigenvalue weighted by molar-refractivity contribution is 5.30. The van der Waals surface area contributed by atoms with E-state index in [4.69, 9.17) is 0 Å². The molecule has 0 amide bonds. The third kappa shape index (κ3) is 5.33. The van der Waals surface area contributed by atoms with Gasteiger partial charge in [-0.1, -0.05) is 43.2 Å². The maximum atomic E-state index is 3.78. The van der Waals surface area contributed by atoms with Crippen molar-refractivity contribution in [1.82, 2.24) is 10.2 Å². The molecule has 0 radical (unpaired) electrons. The van der Waals surface area contributed by atoms with Crippen LogP contribution in [0.5, 0.6) is 0 Å². The minimum absolute atomic E-state index is 0.394. The van der Waals surface area contributed by atoms with Crippen molar-refractivity contribution in [3.63, 3.8) is 0 Å². The van der Waals surface area contributed by atoms with Gasteiger partial charge in [0.2, 0.25) is 0 Å². The van der Waals surface area contributed by atoms with Crippen molar-refractivity contribution in [2.24, 2.45) is 5.92 Å². The molecule has 0 heterocycles. The second kappa shape index (κ2) is 7.06. The zero-order chi connectivity index (χ0) is 14.6. The van der Waals surface area contributed by atoms with Crippen LogP contribution in [0.25, 0.3) is 0 Å². The van der Waals surface area contributed by atoms with E-state index in [-0.39, 0.29) is 0 Å². The van der Waals surface area contributed by atoms with Crippen molar-refractivity contribution in [2.45, 2.75) is 46.7 Å². The molecule has 108 valence electrons. The van der Waals surface area contributed by atoms with Gasteiger partial charge < -0.3 is 10.2 Å². The molecule has 1 aromatic carbocycles. The number of likely N-dealkylation sites (N-methyl/N-ethyl adjacent to an activating group) is 1. The highest BCUT2D eigenvalue weighted by Crippen LogP contribution is 2.18. The van der Waals surface area contributed by atoms with Crippen LogP contribution in [-0.2, 0) is 0 Å². The summed E-state index contributed by atoms with van der Waals surface area (Å²) in [4.78, 5) is 2.26. The fourth-order valence-electron chi connectivity index (χ4n) is 2.53. The van der Waals surface area contributed by atoms with E-state index in [0.29, 0.717) is 18.0 Å². The number of hydrogen-bond acceptors (Lipinski definition) is 2. The van der Waals surface area contributed by atoms with Crippen LogP contribution < -0.4 is 5.32 Å². The molecule has 0 saturated heterocycles. The van der Waals surface area contributed by atoms with Gasteiger partial charge in [-0.2, -0.15) is 0 Å². The van der Waals surface area contributed by atoms with Crippen LogP contribution in [0.1, 0.15) is 43.5 Å². The number of nitrogens with one attached hydrogen (secondary N) is 1.